The van der Waals surface area contributed by atoms with Crippen LogP contribution in [0.5, 0.6) is 0 Å². The topological polar surface area (TPSA) is 111 Å². The quantitative estimate of drug-likeness (QED) is 0.691. The first-order valence-corrected chi connectivity index (χ1v) is 5.90. The molecule has 2 aliphatic rings. The largest absolute Gasteiger partial charge is 0.473 e. The lowest BCUT2D eigenvalue weighted by molar-refractivity contribution is -0.121. The van der Waals surface area contributed by atoms with E-state index in [9.17, 15) is 9.59 Å². The molecule has 104 valence electrons. The van der Waals surface area contributed by atoms with Crippen LogP contribution in [0.1, 0.15) is 23.6 Å². The fraction of sp³-hybridized carbons (Fsp3) is 0.250. The highest BCUT2D eigenvalue weighted by atomic mass is 16.5. The van der Waals surface area contributed by atoms with Crippen molar-refractivity contribution in [3.8, 4) is 0 Å². The van der Waals surface area contributed by atoms with E-state index in [2.05, 4.69) is 22.2 Å². The predicted octanol–water partition coefficient (Wildman–Crippen LogP) is -0.161. The van der Waals surface area contributed by atoms with Crippen molar-refractivity contribution in [2.24, 2.45) is 5.73 Å². The minimum atomic E-state index is -1.64. The standard InChI is InChI=1S/C12H13N5O3/c1-6-3-4-20-11(6)17-5-14-9-8(17)10(19)16-12(13,15-9)7(2)18/h3-5,11,15H,1,13H2,2H3,(H,16,19). The number of nitrogens with zero attached hydrogens (tertiary/aromatic N) is 2. The summed E-state index contributed by atoms with van der Waals surface area (Å²) in [5, 5.41) is 5.15. The number of hydrogen-bond donors (Lipinski definition) is 3. The van der Waals surface area contributed by atoms with Gasteiger partial charge in [0.15, 0.2) is 17.3 Å². The smallest absolute Gasteiger partial charge is 0.275 e. The number of nitrogens with two attached hydrogens (primary N) is 1. The number of fused-ring (bicyclic) bond motifs is 1. The van der Waals surface area contributed by atoms with Gasteiger partial charge in [-0.25, -0.2) is 4.98 Å². The minimum absolute atomic E-state index is 0.231. The molecule has 1 aromatic rings. The van der Waals surface area contributed by atoms with Gasteiger partial charge in [0.1, 0.15) is 6.33 Å². The van der Waals surface area contributed by atoms with E-state index in [-0.39, 0.29) is 11.5 Å². The van der Waals surface area contributed by atoms with Crippen molar-refractivity contribution in [3.05, 3.63) is 36.5 Å². The molecule has 0 radical (unpaired) electrons. The molecule has 1 amide bonds. The molecule has 2 atom stereocenters. The van der Waals surface area contributed by atoms with E-state index in [0.717, 1.165) is 0 Å². The number of imidazole rings is 1. The zero-order chi connectivity index (χ0) is 14.5. The SMILES string of the molecule is C=C1C=COC1n1cnc2c1C(=O)NC(N)(C(C)=O)N2. The third kappa shape index (κ3) is 1.62. The van der Waals surface area contributed by atoms with Crippen molar-refractivity contribution in [2.45, 2.75) is 18.9 Å². The fourth-order valence-corrected chi connectivity index (χ4v) is 2.10. The summed E-state index contributed by atoms with van der Waals surface area (Å²) in [5.41, 5.74) is 6.72. The van der Waals surface area contributed by atoms with Crippen molar-refractivity contribution in [3.63, 3.8) is 0 Å². The molecule has 3 rings (SSSR count). The van der Waals surface area contributed by atoms with Gasteiger partial charge in [-0.15, -0.1) is 0 Å². The highest BCUT2D eigenvalue weighted by Gasteiger charge is 2.41. The van der Waals surface area contributed by atoms with Crippen LogP contribution in [0.15, 0.2) is 30.8 Å². The van der Waals surface area contributed by atoms with Gasteiger partial charge < -0.3 is 15.4 Å². The zero-order valence-electron chi connectivity index (χ0n) is 10.7. The summed E-state index contributed by atoms with van der Waals surface area (Å²) >= 11 is 0. The molecule has 2 aliphatic heterocycles. The second-order valence-electron chi connectivity index (χ2n) is 4.66. The Morgan fingerprint density at radius 3 is 2.95 bits per heavy atom. The first kappa shape index (κ1) is 12.4. The van der Waals surface area contributed by atoms with E-state index in [1.165, 1.54) is 24.1 Å². The van der Waals surface area contributed by atoms with Crippen LogP contribution < -0.4 is 16.4 Å². The third-order valence-electron chi connectivity index (χ3n) is 3.25. The average Bonchev–Trinajstić information content (AvgIpc) is 2.94. The van der Waals surface area contributed by atoms with Crippen LogP contribution in [0, 0.1) is 0 Å². The Hall–Kier alpha value is -2.61. The third-order valence-corrected chi connectivity index (χ3v) is 3.25. The number of ketones is 1. The molecule has 2 unspecified atom stereocenters. The summed E-state index contributed by atoms with van der Waals surface area (Å²) in [6.45, 7) is 5.11. The van der Waals surface area contributed by atoms with Gasteiger partial charge in [0.2, 0.25) is 12.0 Å². The van der Waals surface area contributed by atoms with E-state index in [1.807, 2.05) is 0 Å². The Labute approximate surface area is 114 Å². The van der Waals surface area contributed by atoms with E-state index < -0.39 is 23.7 Å². The van der Waals surface area contributed by atoms with Gasteiger partial charge in [0, 0.05) is 12.5 Å². The number of aromatic nitrogens is 2. The van der Waals surface area contributed by atoms with Crippen LogP contribution >= 0.6 is 0 Å². The number of ether oxygens (including phenoxy) is 1. The Kier molecular flexibility index (Phi) is 2.45. The number of rotatable bonds is 2. The molecular weight excluding hydrogens is 262 g/mol. The molecule has 0 spiro atoms. The number of amides is 1. The van der Waals surface area contributed by atoms with Crippen LogP contribution in [0.4, 0.5) is 5.82 Å². The number of nitrogens with one attached hydrogen (secondary N) is 2. The Balaban J connectivity index is 2.02. The average molecular weight is 275 g/mol. The molecule has 0 aromatic carbocycles. The molecule has 1 aromatic heterocycles. The first-order chi connectivity index (χ1) is 9.42. The lowest BCUT2D eigenvalue weighted by Crippen LogP contribution is -2.68. The Morgan fingerprint density at radius 1 is 1.60 bits per heavy atom. The maximum Gasteiger partial charge on any atom is 0.275 e. The first-order valence-electron chi connectivity index (χ1n) is 5.90. The number of hydrogen-bond acceptors (Lipinski definition) is 6. The molecule has 3 heterocycles. The summed E-state index contributed by atoms with van der Waals surface area (Å²) < 4.78 is 6.89. The zero-order valence-corrected chi connectivity index (χ0v) is 10.7. The number of Topliss-reactive ketones (excluding diaryl/α,β-unsaturated/α-hetero) is 1. The lowest BCUT2D eigenvalue weighted by Gasteiger charge is -2.33. The molecule has 20 heavy (non-hydrogen) atoms. The van der Waals surface area contributed by atoms with E-state index in [0.29, 0.717) is 5.57 Å². The lowest BCUT2D eigenvalue weighted by atomic mass is 10.1. The molecule has 0 saturated carbocycles. The van der Waals surface area contributed by atoms with Gasteiger partial charge in [-0.05, 0) is 6.08 Å². The molecule has 0 saturated heterocycles. The molecule has 0 aliphatic carbocycles. The van der Waals surface area contributed by atoms with E-state index in [1.54, 1.807) is 6.08 Å². The minimum Gasteiger partial charge on any atom is -0.473 e. The molecular formula is C12H13N5O3. The summed E-state index contributed by atoms with van der Waals surface area (Å²) in [6.07, 6.45) is 4.11. The fourth-order valence-electron chi connectivity index (χ4n) is 2.10. The summed E-state index contributed by atoms with van der Waals surface area (Å²) in [6, 6.07) is 0. The van der Waals surface area contributed by atoms with Crippen LogP contribution in [0.3, 0.4) is 0 Å². The maximum absolute atomic E-state index is 12.2. The number of carbonyl (C=O) groups excluding carboxylic acids is 2. The number of carbonyl (C=O) groups is 2. The van der Waals surface area contributed by atoms with Gasteiger partial charge in [-0.3, -0.25) is 19.9 Å². The van der Waals surface area contributed by atoms with Crippen LogP contribution in [0.25, 0.3) is 0 Å². The van der Waals surface area contributed by atoms with Crippen LogP contribution in [-0.4, -0.2) is 27.0 Å². The van der Waals surface area contributed by atoms with E-state index >= 15 is 0 Å². The van der Waals surface area contributed by atoms with Gasteiger partial charge >= 0.3 is 0 Å². The molecule has 8 heteroatoms. The van der Waals surface area contributed by atoms with Gasteiger partial charge in [-0.1, -0.05) is 6.58 Å². The van der Waals surface area contributed by atoms with Crippen molar-refractivity contribution >= 4 is 17.5 Å². The van der Waals surface area contributed by atoms with E-state index in [4.69, 9.17) is 10.5 Å². The highest BCUT2D eigenvalue weighted by molar-refractivity contribution is 6.05. The number of anilines is 1. The van der Waals surface area contributed by atoms with Crippen molar-refractivity contribution in [1.82, 2.24) is 14.9 Å². The molecule has 8 nitrogen and oxygen atoms in total. The molecule has 4 N–H and O–H groups in total. The summed E-state index contributed by atoms with van der Waals surface area (Å²) in [4.78, 5) is 27.8. The molecule has 0 bridgehead atoms. The summed E-state index contributed by atoms with van der Waals surface area (Å²) in [7, 11) is 0. The summed E-state index contributed by atoms with van der Waals surface area (Å²) in [5.74, 6) is -2.34. The Bertz CT molecular complexity index is 662. The monoisotopic (exact) mass is 275 g/mol. The van der Waals surface area contributed by atoms with Gasteiger partial charge in [0.05, 0.1) is 6.26 Å². The second-order valence-corrected chi connectivity index (χ2v) is 4.66. The van der Waals surface area contributed by atoms with Gasteiger partial charge in [-0.2, -0.15) is 0 Å². The Morgan fingerprint density at radius 2 is 2.35 bits per heavy atom. The maximum atomic E-state index is 12.2. The van der Waals surface area contributed by atoms with Crippen molar-refractivity contribution in [1.29, 1.82) is 0 Å². The molecule has 0 fully saturated rings. The van der Waals surface area contributed by atoms with Crippen molar-refractivity contribution in [2.75, 3.05) is 5.32 Å². The second kappa shape index (κ2) is 3.94. The predicted molar refractivity (Wildman–Crippen MR) is 69.3 cm³/mol. The van der Waals surface area contributed by atoms with Crippen LogP contribution in [-0.2, 0) is 9.53 Å². The van der Waals surface area contributed by atoms with Gasteiger partial charge in [0.25, 0.3) is 5.91 Å². The highest BCUT2D eigenvalue weighted by Crippen LogP contribution is 2.31. The van der Waals surface area contributed by atoms with Crippen molar-refractivity contribution < 1.29 is 14.3 Å². The van der Waals surface area contributed by atoms with Crippen LogP contribution in [0.2, 0.25) is 0 Å². The normalized spacial score (nSPS) is 27.6.